The Morgan fingerprint density at radius 3 is 2.80 bits per heavy atom. The van der Waals surface area contributed by atoms with Gasteiger partial charge in [-0.3, -0.25) is 0 Å². The zero-order chi connectivity index (χ0) is 7.98. The lowest BCUT2D eigenvalue weighted by Crippen LogP contribution is -2.19. The molecule has 0 aliphatic rings. The van der Waals surface area contributed by atoms with Crippen molar-refractivity contribution in [2.75, 3.05) is 6.61 Å². The van der Waals surface area contributed by atoms with E-state index in [1.54, 1.807) is 12.2 Å². The molecular formula is C7H12O3. The fraction of sp³-hybridized carbons (Fsp3) is 0.571. The third-order valence-corrected chi connectivity index (χ3v) is 0.899. The van der Waals surface area contributed by atoms with Crippen LogP contribution in [0.25, 0.3) is 0 Å². The first-order valence-electron chi connectivity index (χ1n) is 3.14. The van der Waals surface area contributed by atoms with E-state index in [-0.39, 0.29) is 6.61 Å². The molecule has 0 bridgehead atoms. The van der Waals surface area contributed by atoms with E-state index in [1.807, 2.05) is 6.92 Å². The minimum atomic E-state index is -1.02. The summed E-state index contributed by atoms with van der Waals surface area (Å²) in [5.41, 5.74) is 0. The van der Waals surface area contributed by atoms with Gasteiger partial charge in [0.2, 0.25) is 0 Å². The fourth-order valence-corrected chi connectivity index (χ4v) is 0.347. The van der Waals surface area contributed by atoms with E-state index in [4.69, 9.17) is 5.11 Å². The Kier molecular flexibility index (Phi) is 4.58. The third-order valence-electron chi connectivity index (χ3n) is 0.899. The van der Waals surface area contributed by atoms with Crippen molar-refractivity contribution in [1.29, 1.82) is 0 Å². The molecule has 0 saturated carbocycles. The van der Waals surface area contributed by atoms with Gasteiger partial charge in [0.25, 0.3) is 0 Å². The van der Waals surface area contributed by atoms with E-state index >= 15 is 0 Å². The maximum Gasteiger partial charge on any atom is 0.334 e. The average molecular weight is 144 g/mol. The molecule has 3 heteroatoms. The van der Waals surface area contributed by atoms with Crippen LogP contribution < -0.4 is 0 Å². The number of esters is 1. The summed E-state index contributed by atoms with van der Waals surface area (Å²) in [5.74, 6) is -0.585. The summed E-state index contributed by atoms with van der Waals surface area (Å²) >= 11 is 0. The van der Waals surface area contributed by atoms with Crippen molar-refractivity contribution < 1.29 is 14.6 Å². The van der Waals surface area contributed by atoms with Crippen molar-refractivity contribution in [3.8, 4) is 0 Å². The molecule has 10 heavy (non-hydrogen) atoms. The molecule has 1 atom stereocenters. The molecule has 0 unspecified atom stereocenters. The molecule has 0 aromatic carbocycles. The Bertz CT molecular complexity index is 127. The first kappa shape index (κ1) is 9.17. The summed E-state index contributed by atoms with van der Waals surface area (Å²) in [4.78, 5) is 10.5. The summed E-state index contributed by atoms with van der Waals surface area (Å²) in [7, 11) is 0. The molecule has 0 fully saturated rings. The van der Waals surface area contributed by atoms with E-state index in [0.29, 0.717) is 0 Å². The number of hydrogen-bond donors (Lipinski definition) is 1. The normalized spacial score (nSPS) is 13.5. The van der Waals surface area contributed by atoms with Gasteiger partial charge in [0.05, 0.1) is 0 Å². The Labute approximate surface area is 60.3 Å². The lowest BCUT2D eigenvalue weighted by molar-refractivity contribution is -0.151. The van der Waals surface area contributed by atoms with Gasteiger partial charge < -0.3 is 9.84 Å². The SMILES string of the molecule is C/C=C/COC(=O)[C@@H](C)O. The maximum absolute atomic E-state index is 10.5. The molecule has 0 aliphatic heterocycles. The smallest absolute Gasteiger partial charge is 0.334 e. The quantitative estimate of drug-likeness (QED) is 0.463. The highest BCUT2D eigenvalue weighted by Crippen LogP contribution is 1.86. The molecule has 0 saturated heterocycles. The largest absolute Gasteiger partial charge is 0.460 e. The number of aliphatic hydroxyl groups is 1. The van der Waals surface area contributed by atoms with Crippen molar-refractivity contribution in [2.45, 2.75) is 20.0 Å². The number of carbonyl (C=O) groups is 1. The molecule has 0 aliphatic carbocycles. The predicted octanol–water partition coefficient (Wildman–Crippen LogP) is 0.486. The second kappa shape index (κ2) is 4.99. The van der Waals surface area contributed by atoms with Crippen LogP contribution in [0.5, 0.6) is 0 Å². The Balaban J connectivity index is 3.40. The van der Waals surface area contributed by atoms with E-state index < -0.39 is 12.1 Å². The first-order chi connectivity index (χ1) is 4.68. The number of allylic oxidation sites excluding steroid dienone is 1. The summed E-state index contributed by atoms with van der Waals surface area (Å²) in [6, 6.07) is 0. The van der Waals surface area contributed by atoms with Crippen molar-refractivity contribution in [3.63, 3.8) is 0 Å². The number of hydrogen-bond acceptors (Lipinski definition) is 3. The van der Waals surface area contributed by atoms with Gasteiger partial charge in [-0.15, -0.1) is 0 Å². The standard InChI is InChI=1S/C7H12O3/c1-3-4-5-10-7(9)6(2)8/h3-4,6,8H,5H2,1-2H3/b4-3+/t6-/m1/s1. The van der Waals surface area contributed by atoms with E-state index in [2.05, 4.69) is 4.74 Å². The lowest BCUT2D eigenvalue weighted by Gasteiger charge is -2.02. The molecule has 58 valence electrons. The Morgan fingerprint density at radius 2 is 2.40 bits per heavy atom. The summed E-state index contributed by atoms with van der Waals surface area (Å²) < 4.78 is 4.57. The van der Waals surface area contributed by atoms with E-state index in [0.717, 1.165) is 0 Å². The molecule has 1 N–H and O–H groups in total. The zero-order valence-electron chi connectivity index (χ0n) is 6.20. The van der Waals surface area contributed by atoms with Crippen molar-refractivity contribution in [2.24, 2.45) is 0 Å². The van der Waals surface area contributed by atoms with Crippen LogP contribution in [0, 0.1) is 0 Å². The van der Waals surface area contributed by atoms with Crippen LogP contribution >= 0.6 is 0 Å². The van der Waals surface area contributed by atoms with E-state index in [1.165, 1.54) is 6.92 Å². The molecule has 0 aromatic heterocycles. The second-order valence-corrected chi connectivity index (χ2v) is 1.88. The zero-order valence-corrected chi connectivity index (χ0v) is 6.20. The van der Waals surface area contributed by atoms with Gasteiger partial charge in [0.1, 0.15) is 12.7 Å². The van der Waals surface area contributed by atoms with Gasteiger partial charge in [-0.2, -0.15) is 0 Å². The lowest BCUT2D eigenvalue weighted by atomic mass is 10.4. The summed E-state index contributed by atoms with van der Waals surface area (Å²) in [5, 5.41) is 8.62. The Morgan fingerprint density at radius 1 is 1.80 bits per heavy atom. The van der Waals surface area contributed by atoms with Crippen LogP contribution in [-0.2, 0) is 9.53 Å². The highest BCUT2D eigenvalue weighted by atomic mass is 16.5. The average Bonchev–Trinajstić information content (AvgIpc) is 1.88. The molecular weight excluding hydrogens is 132 g/mol. The molecule has 0 heterocycles. The van der Waals surface area contributed by atoms with Gasteiger partial charge in [0.15, 0.2) is 0 Å². The molecule has 0 rings (SSSR count). The van der Waals surface area contributed by atoms with Gasteiger partial charge in [-0.05, 0) is 13.8 Å². The first-order valence-corrected chi connectivity index (χ1v) is 3.14. The minimum Gasteiger partial charge on any atom is -0.460 e. The molecule has 0 aromatic rings. The third kappa shape index (κ3) is 4.09. The summed E-state index contributed by atoms with van der Waals surface area (Å²) in [6.07, 6.45) is 2.44. The highest BCUT2D eigenvalue weighted by Gasteiger charge is 2.07. The number of ether oxygens (including phenoxy) is 1. The van der Waals surface area contributed by atoms with Crippen LogP contribution in [-0.4, -0.2) is 23.8 Å². The minimum absolute atomic E-state index is 0.236. The van der Waals surface area contributed by atoms with Gasteiger partial charge in [-0.1, -0.05) is 12.2 Å². The monoisotopic (exact) mass is 144 g/mol. The fourth-order valence-electron chi connectivity index (χ4n) is 0.347. The van der Waals surface area contributed by atoms with Crippen LogP contribution in [0.1, 0.15) is 13.8 Å². The molecule has 0 amide bonds. The van der Waals surface area contributed by atoms with E-state index in [9.17, 15) is 4.79 Å². The van der Waals surface area contributed by atoms with Crippen LogP contribution in [0.2, 0.25) is 0 Å². The number of rotatable bonds is 3. The Hall–Kier alpha value is -0.830. The number of carbonyl (C=O) groups excluding carboxylic acids is 1. The van der Waals surface area contributed by atoms with Gasteiger partial charge in [-0.25, -0.2) is 4.79 Å². The van der Waals surface area contributed by atoms with Crippen LogP contribution in [0.15, 0.2) is 12.2 Å². The topological polar surface area (TPSA) is 46.5 Å². The molecule has 0 radical (unpaired) electrons. The maximum atomic E-state index is 10.5. The highest BCUT2D eigenvalue weighted by molar-refractivity contribution is 5.73. The van der Waals surface area contributed by atoms with Gasteiger partial charge >= 0.3 is 5.97 Å². The van der Waals surface area contributed by atoms with Crippen molar-refractivity contribution >= 4 is 5.97 Å². The summed E-state index contributed by atoms with van der Waals surface area (Å²) in [6.45, 7) is 3.44. The molecule has 0 spiro atoms. The van der Waals surface area contributed by atoms with Crippen molar-refractivity contribution in [3.05, 3.63) is 12.2 Å². The van der Waals surface area contributed by atoms with Gasteiger partial charge in [0, 0.05) is 0 Å². The van der Waals surface area contributed by atoms with Crippen LogP contribution in [0.4, 0.5) is 0 Å². The predicted molar refractivity (Wildman–Crippen MR) is 37.5 cm³/mol. The van der Waals surface area contributed by atoms with Crippen molar-refractivity contribution in [1.82, 2.24) is 0 Å². The van der Waals surface area contributed by atoms with Crippen LogP contribution in [0.3, 0.4) is 0 Å². The number of aliphatic hydroxyl groups excluding tert-OH is 1. The molecule has 3 nitrogen and oxygen atoms in total. The second-order valence-electron chi connectivity index (χ2n) is 1.88.